The summed E-state index contributed by atoms with van der Waals surface area (Å²) in [5.74, 6) is 1.46. The molecule has 0 saturated carbocycles. The summed E-state index contributed by atoms with van der Waals surface area (Å²) < 4.78 is 11.4. The third-order valence-electron chi connectivity index (χ3n) is 4.93. The highest BCUT2D eigenvalue weighted by Crippen LogP contribution is 2.45. The van der Waals surface area contributed by atoms with Crippen LogP contribution in [0, 0.1) is 0 Å². The monoisotopic (exact) mass is 398 g/mol. The fraction of sp³-hybridized carbons (Fsp3) is 0.0769. The molecule has 0 fully saturated rings. The summed E-state index contributed by atoms with van der Waals surface area (Å²) in [4.78, 5) is 0. The molecule has 0 bridgehead atoms. The van der Waals surface area contributed by atoms with E-state index in [9.17, 15) is 10.2 Å². The Hall–Kier alpha value is -3.92. The summed E-state index contributed by atoms with van der Waals surface area (Å²) in [6.45, 7) is 8.11. The second kappa shape index (κ2) is 8.21. The van der Waals surface area contributed by atoms with Gasteiger partial charge in [-0.2, -0.15) is 0 Å². The smallest absolute Gasteiger partial charge is 0.124 e. The summed E-state index contributed by atoms with van der Waals surface area (Å²) >= 11 is 0. The first-order valence-electron chi connectivity index (χ1n) is 9.61. The molecule has 0 radical (unpaired) electrons. The maximum atomic E-state index is 10.8. The molecule has 0 aliphatic rings. The van der Waals surface area contributed by atoms with Crippen LogP contribution in [0.5, 0.6) is 23.0 Å². The van der Waals surface area contributed by atoms with E-state index in [1.54, 1.807) is 24.3 Å². The Bertz CT molecular complexity index is 1160. The summed E-state index contributed by atoms with van der Waals surface area (Å²) in [5, 5.41) is 25.0. The molecule has 0 heterocycles. The van der Waals surface area contributed by atoms with Crippen molar-refractivity contribution in [2.45, 2.75) is 0 Å². The standard InChI is InChI=1S/C26H22O4/c1-3-13-29-19-9-5-17-7-11-23(27)25(21(17)15-19)26-22-16-20(30-14-4-2)10-6-18(22)8-12-24(26)28/h3-12,15-16,27-28H,1-2,13-14H2. The molecule has 0 spiro atoms. The van der Waals surface area contributed by atoms with E-state index >= 15 is 0 Å². The van der Waals surface area contributed by atoms with Gasteiger partial charge in [0.15, 0.2) is 0 Å². The van der Waals surface area contributed by atoms with E-state index in [1.807, 2.05) is 48.5 Å². The molecule has 4 rings (SSSR count). The first-order chi connectivity index (χ1) is 14.6. The molecule has 4 aromatic rings. The first kappa shape index (κ1) is 19.4. The van der Waals surface area contributed by atoms with Crippen molar-refractivity contribution in [2.24, 2.45) is 0 Å². The average molecular weight is 398 g/mol. The minimum absolute atomic E-state index is 0.0728. The maximum absolute atomic E-state index is 10.8. The average Bonchev–Trinajstić information content (AvgIpc) is 2.76. The van der Waals surface area contributed by atoms with E-state index in [4.69, 9.17) is 9.47 Å². The van der Waals surface area contributed by atoms with Crippen LogP contribution in [-0.4, -0.2) is 23.4 Å². The van der Waals surface area contributed by atoms with Gasteiger partial charge < -0.3 is 19.7 Å². The molecule has 0 unspecified atom stereocenters. The Kier molecular flexibility index (Phi) is 5.31. The second-order valence-corrected chi connectivity index (χ2v) is 6.88. The molecular weight excluding hydrogens is 376 g/mol. The molecule has 0 aliphatic carbocycles. The van der Waals surface area contributed by atoms with Crippen molar-refractivity contribution in [3.63, 3.8) is 0 Å². The van der Waals surface area contributed by atoms with Crippen LogP contribution in [0.4, 0.5) is 0 Å². The number of phenols is 2. The third-order valence-corrected chi connectivity index (χ3v) is 4.93. The fourth-order valence-corrected chi connectivity index (χ4v) is 3.59. The number of fused-ring (bicyclic) bond motifs is 2. The summed E-state index contributed by atoms with van der Waals surface area (Å²) in [5.41, 5.74) is 1.08. The highest BCUT2D eigenvalue weighted by atomic mass is 16.5. The number of aromatic hydroxyl groups is 2. The van der Waals surface area contributed by atoms with Gasteiger partial charge in [-0.1, -0.05) is 49.6 Å². The van der Waals surface area contributed by atoms with E-state index in [0.717, 1.165) is 21.5 Å². The number of hydrogen-bond donors (Lipinski definition) is 2. The van der Waals surface area contributed by atoms with Gasteiger partial charge in [0.05, 0.1) is 0 Å². The van der Waals surface area contributed by atoms with Gasteiger partial charge in [0.1, 0.15) is 36.2 Å². The quantitative estimate of drug-likeness (QED) is 0.364. The largest absolute Gasteiger partial charge is 0.507 e. The molecule has 4 nitrogen and oxygen atoms in total. The van der Waals surface area contributed by atoms with Crippen molar-refractivity contribution in [2.75, 3.05) is 13.2 Å². The number of benzene rings is 4. The molecule has 0 aliphatic heterocycles. The van der Waals surface area contributed by atoms with E-state index in [1.165, 1.54) is 0 Å². The second-order valence-electron chi connectivity index (χ2n) is 6.88. The Balaban J connectivity index is 2.00. The predicted molar refractivity (Wildman–Crippen MR) is 122 cm³/mol. The summed E-state index contributed by atoms with van der Waals surface area (Å²) in [7, 11) is 0. The topological polar surface area (TPSA) is 58.9 Å². The van der Waals surface area contributed by atoms with Gasteiger partial charge in [0, 0.05) is 11.1 Å². The Morgan fingerprint density at radius 2 is 1.03 bits per heavy atom. The number of phenolic OH excluding ortho intramolecular Hbond substituents is 2. The lowest BCUT2D eigenvalue weighted by Crippen LogP contribution is -1.94. The highest BCUT2D eigenvalue weighted by Gasteiger charge is 2.18. The molecule has 4 heteroatoms. The van der Waals surface area contributed by atoms with Gasteiger partial charge in [-0.05, 0) is 57.9 Å². The van der Waals surface area contributed by atoms with Crippen LogP contribution in [0.25, 0.3) is 32.7 Å². The normalized spacial score (nSPS) is 10.8. The molecule has 0 atom stereocenters. The van der Waals surface area contributed by atoms with Crippen LogP contribution in [0.3, 0.4) is 0 Å². The van der Waals surface area contributed by atoms with Gasteiger partial charge in [-0.25, -0.2) is 0 Å². The van der Waals surface area contributed by atoms with Crippen molar-refractivity contribution in [3.8, 4) is 34.1 Å². The first-order valence-corrected chi connectivity index (χ1v) is 9.61. The molecule has 0 aromatic heterocycles. The van der Waals surface area contributed by atoms with Crippen molar-refractivity contribution in [3.05, 3.63) is 86.0 Å². The van der Waals surface area contributed by atoms with Gasteiger partial charge in [-0.15, -0.1) is 0 Å². The molecule has 0 saturated heterocycles. The Morgan fingerprint density at radius 1 is 0.633 bits per heavy atom. The van der Waals surface area contributed by atoms with Crippen LogP contribution in [-0.2, 0) is 0 Å². The molecule has 150 valence electrons. The van der Waals surface area contributed by atoms with Crippen LogP contribution in [0.2, 0.25) is 0 Å². The van der Waals surface area contributed by atoms with Crippen LogP contribution in [0.1, 0.15) is 0 Å². The summed E-state index contributed by atoms with van der Waals surface area (Å²) in [6, 6.07) is 18.3. The van der Waals surface area contributed by atoms with E-state index in [2.05, 4.69) is 13.2 Å². The molecule has 2 N–H and O–H groups in total. The van der Waals surface area contributed by atoms with Crippen LogP contribution >= 0.6 is 0 Å². The van der Waals surface area contributed by atoms with E-state index < -0.39 is 0 Å². The van der Waals surface area contributed by atoms with Crippen molar-refractivity contribution in [1.82, 2.24) is 0 Å². The van der Waals surface area contributed by atoms with Crippen molar-refractivity contribution in [1.29, 1.82) is 0 Å². The molecular formula is C26H22O4. The molecule has 30 heavy (non-hydrogen) atoms. The highest BCUT2D eigenvalue weighted by molar-refractivity contribution is 6.10. The fourth-order valence-electron chi connectivity index (χ4n) is 3.59. The Labute approximate surface area is 174 Å². The number of ether oxygens (including phenoxy) is 2. The van der Waals surface area contributed by atoms with Crippen LogP contribution < -0.4 is 9.47 Å². The lowest BCUT2D eigenvalue weighted by Gasteiger charge is -2.16. The zero-order chi connectivity index (χ0) is 21.1. The van der Waals surface area contributed by atoms with Crippen molar-refractivity contribution >= 4 is 21.5 Å². The van der Waals surface area contributed by atoms with Gasteiger partial charge in [-0.3, -0.25) is 0 Å². The van der Waals surface area contributed by atoms with Crippen molar-refractivity contribution < 1.29 is 19.7 Å². The Morgan fingerprint density at radius 3 is 1.43 bits per heavy atom. The lowest BCUT2D eigenvalue weighted by molar-refractivity contribution is 0.363. The van der Waals surface area contributed by atoms with Gasteiger partial charge >= 0.3 is 0 Å². The SMILES string of the molecule is C=CCOc1ccc2ccc(O)c(-c3c(O)ccc4ccc(OCC=C)cc34)c2c1. The maximum Gasteiger partial charge on any atom is 0.124 e. The predicted octanol–water partition coefficient (Wildman–Crippen LogP) is 6.20. The van der Waals surface area contributed by atoms with Gasteiger partial charge in [0.25, 0.3) is 0 Å². The van der Waals surface area contributed by atoms with E-state index in [0.29, 0.717) is 35.8 Å². The van der Waals surface area contributed by atoms with E-state index in [-0.39, 0.29) is 11.5 Å². The molecule has 4 aromatic carbocycles. The minimum atomic E-state index is 0.0728. The minimum Gasteiger partial charge on any atom is -0.507 e. The zero-order valence-corrected chi connectivity index (χ0v) is 16.5. The number of rotatable bonds is 7. The third kappa shape index (κ3) is 3.55. The summed E-state index contributed by atoms with van der Waals surface area (Å²) in [6.07, 6.45) is 3.35. The van der Waals surface area contributed by atoms with Gasteiger partial charge in [0.2, 0.25) is 0 Å². The molecule has 0 amide bonds. The number of hydrogen-bond acceptors (Lipinski definition) is 4. The van der Waals surface area contributed by atoms with Crippen LogP contribution in [0.15, 0.2) is 86.0 Å². The zero-order valence-electron chi connectivity index (χ0n) is 16.5. The lowest BCUT2D eigenvalue weighted by atomic mass is 9.92.